The third-order valence-electron chi connectivity index (χ3n) is 5.13. The van der Waals surface area contributed by atoms with E-state index in [1.807, 2.05) is 32.0 Å². The third kappa shape index (κ3) is 3.77. The molecular weight excluding hydrogens is 376 g/mol. The molecule has 0 aromatic heterocycles. The molecule has 2 aromatic carbocycles. The molecule has 28 heavy (non-hydrogen) atoms. The number of carbonyl (C=O) groups excluding carboxylic acids is 1. The Morgan fingerprint density at radius 1 is 1.11 bits per heavy atom. The molecule has 1 atom stereocenters. The van der Waals surface area contributed by atoms with Crippen molar-refractivity contribution in [3.8, 4) is 5.75 Å². The maximum Gasteiger partial charge on any atom is 0.267 e. The lowest BCUT2D eigenvalue weighted by Gasteiger charge is -2.23. The predicted molar refractivity (Wildman–Crippen MR) is 109 cm³/mol. The van der Waals surface area contributed by atoms with Gasteiger partial charge in [-0.2, -0.15) is 0 Å². The number of ether oxygens (including phenoxy) is 1. The minimum absolute atomic E-state index is 0.139. The van der Waals surface area contributed by atoms with Crippen LogP contribution in [0.15, 0.2) is 41.3 Å². The number of fused-ring (bicyclic) bond motifs is 1. The summed E-state index contributed by atoms with van der Waals surface area (Å²) in [6.45, 7) is 6.28. The summed E-state index contributed by atoms with van der Waals surface area (Å²) >= 11 is 0. The van der Waals surface area contributed by atoms with Gasteiger partial charge in [-0.05, 0) is 74.2 Å². The molecule has 0 spiro atoms. The average Bonchev–Trinajstić information content (AvgIpc) is 3.07. The summed E-state index contributed by atoms with van der Waals surface area (Å²) in [5, 5.41) is 0. The van der Waals surface area contributed by atoms with E-state index in [0.29, 0.717) is 18.7 Å². The Bertz CT molecular complexity index is 1020. The van der Waals surface area contributed by atoms with E-state index in [1.165, 1.54) is 24.0 Å². The second-order valence-electron chi connectivity index (χ2n) is 7.32. The zero-order valence-corrected chi connectivity index (χ0v) is 17.7. The second kappa shape index (κ2) is 7.56. The molecule has 0 bridgehead atoms. The number of anilines is 1. The van der Waals surface area contributed by atoms with Crippen LogP contribution < -0.4 is 9.64 Å². The van der Waals surface area contributed by atoms with Crippen LogP contribution in [0.1, 0.15) is 23.6 Å². The molecule has 1 heterocycles. The highest BCUT2D eigenvalue weighted by Crippen LogP contribution is 2.31. The van der Waals surface area contributed by atoms with Gasteiger partial charge in [0.05, 0.1) is 4.90 Å². The van der Waals surface area contributed by atoms with Crippen molar-refractivity contribution in [2.45, 2.75) is 38.2 Å². The number of amides is 1. The molecule has 0 fully saturated rings. The molecule has 6 nitrogen and oxygen atoms in total. The van der Waals surface area contributed by atoms with Crippen LogP contribution >= 0.6 is 0 Å². The molecule has 1 aliphatic rings. The number of carbonyl (C=O) groups is 1. The van der Waals surface area contributed by atoms with Crippen LogP contribution in [0.5, 0.6) is 5.75 Å². The number of nitrogens with zero attached hydrogens (tertiary/aromatic N) is 2. The van der Waals surface area contributed by atoms with E-state index in [2.05, 4.69) is 0 Å². The fraction of sp³-hybridized carbons (Fsp3) is 0.381. The molecule has 0 aliphatic carbocycles. The highest BCUT2D eigenvalue weighted by atomic mass is 32.2. The number of sulfonamides is 1. The van der Waals surface area contributed by atoms with Crippen molar-refractivity contribution in [2.75, 3.05) is 25.5 Å². The lowest BCUT2D eigenvalue weighted by molar-refractivity contribution is -0.124. The van der Waals surface area contributed by atoms with Crippen LogP contribution in [0, 0.1) is 13.8 Å². The summed E-state index contributed by atoms with van der Waals surface area (Å²) in [5.41, 5.74) is 3.88. The first kappa shape index (κ1) is 20.4. The molecule has 0 N–H and O–H groups in total. The Morgan fingerprint density at radius 3 is 2.46 bits per heavy atom. The largest absolute Gasteiger partial charge is 0.481 e. The molecule has 1 aliphatic heterocycles. The quantitative estimate of drug-likeness (QED) is 0.771. The van der Waals surface area contributed by atoms with Crippen LogP contribution in [0.3, 0.4) is 0 Å². The Labute approximate surface area is 166 Å². The normalized spacial score (nSPS) is 14.9. The number of rotatable bonds is 5. The first-order valence-corrected chi connectivity index (χ1v) is 10.7. The van der Waals surface area contributed by atoms with E-state index in [4.69, 9.17) is 4.74 Å². The highest BCUT2D eigenvalue weighted by molar-refractivity contribution is 7.89. The fourth-order valence-electron chi connectivity index (χ4n) is 3.24. The summed E-state index contributed by atoms with van der Waals surface area (Å²) in [6, 6.07) is 10.7. The van der Waals surface area contributed by atoms with E-state index < -0.39 is 16.1 Å². The predicted octanol–water partition coefficient (Wildman–Crippen LogP) is 2.91. The van der Waals surface area contributed by atoms with Gasteiger partial charge in [0, 0.05) is 26.3 Å². The highest BCUT2D eigenvalue weighted by Gasteiger charge is 2.30. The lowest BCUT2D eigenvalue weighted by Crippen LogP contribution is -2.39. The molecule has 0 saturated heterocycles. The average molecular weight is 403 g/mol. The smallest absolute Gasteiger partial charge is 0.267 e. The van der Waals surface area contributed by atoms with Crippen molar-refractivity contribution < 1.29 is 17.9 Å². The molecule has 0 saturated carbocycles. The Balaban J connectivity index is 1.79. The van der Waals surface area contributed by atoms with Crippen molar-refractivity contribution in [2.24, 2.45) is 0 Å². The van der Waals surface area contributed by atoms with Gasteiger partial charge in [-0.3, -0.25) is 4.79 Å². The lowest BCUT2D eigenvalue weighted by atomic mass is 10.1. The van der Waals surface area contributed by atoms with Crippen molar-refractivity contribution in [1.29, 1.82) is 0 Å². The molecule has 0 radical (unpaired) electrons. The van der Waals surface area contributed by atoms with Crippen LogP contribution in [-0.2, 0) is 21.2 Å². The van der Waals surface area contributed by atoms with Crippen LogP contribution in [0.2, 0.25) is 0 Å². The third-order valence-corrected chi connectivity index (χ3v) is 6.94. The first-order chi connectivity index (χ1) is 13.1. The van der Waals surface area contributed by atoms with E-state index in [-0.39, 0.29) is 10.8 Å². The summed E-state index contributed by atoms with van der Waals surface area (Å²) in [4.78, 5) is 14.8. The van der Waals surface area contributed by atoms with Gasteiger partial charge < -0.3 is 9.64 Å². The fourth-order valence-corrected chi connectivity index (χ4v) is 4.19. The molecule has 7 heteroatoms. The van der Waals surface area contributed by atoms with Gasteiger partial charge in [0.1, 0.15) is 5.75 Å². The van der Waals surface area contributed by atoms with Gasteiger partial charge in [-0.15, -0.1) is 0 Å². The summed E-state index contributed by atoms with van der Waals surface area (Å²) in [6.07, 6.45) is -0.0213. The van der Waals surface area contributed by atoms with Crippen molar-refractivity contribution in [1.82, 2.24) is 4.31 Å². The molecule has 1 amide bonds. The summed E-state index contributed by atoms with van der Waals surface area (Å²) in [5.74, 6) is 0.524. The van der Waals surface area contributed by atoms with E-state index >= 15 is 0 Å². The Kier molecular flexibility index (Phi) is 5.50. The van der Waals surface area contributed by atoms with Gasteiger partial charge in [0.2, 0.25) is 10.0 Å². The number of hydrogen-bond acceptors (Lipinski definition) is 4. The minimum atomic E-state index is -3.50. The maximum absolute atomic E-state index is 12.9. The molecular formula is C21H26N2O4S. The van der Waals surface area contributed by atoms with Gasteiger partial charge in [-0.1, -0.05) is 6.07 Å². The first-order valence-electron chi connectivity index (χ1n) is 9.22. The molecule has 2 aromatic rings. The van der Waals surface area contributed by atoms with Crippen molar-refractivity contribution in [3.05, 3.63) is 53.1 Å². The monoisotopic (exact) mass is 402 g/mol. The van der Waals surface area contributed by atoms with Gasteiger partial charge >= 0.3 is 0 Å². The molecule has 0 unspecified atom stereocenters. The zero-order valence-electron chi connectivity index (χ0n) is 16.9. The van der Waals surface area contributed by atoms with Gasteiger partial charge in [-0.25, -0.2) is 12.7 Å². The SMILES string of the molecule is Cc1ccc(O[C@H](C)C(=O)N2CCc3cc(S(=O)(=O)N(C)C)ccc32)cc1C. The van der Waals surface area contributed by atoms with Crippen LogP contribution in [-0.4, -0.2) is 45.4 Å². The standard InChI is InChI=1S/C21H26N2O4S/c1-14-6-7-18(12-15(14)2)27-16(3)21(24)23-11-10-17-13-19(8-9-20(17)23)28(25,26)22(4)5/h6-9,12-13,16H,10-11H2,1-5H3/t16-/m1/s1. The number of benzene rings is 2. The second-order valence-corrected chi connectivity index (χ2v) is 9.48. The van der Waals surface area contributed by atoms with E-state index in [1.54, 1.807) is 30.0 Å². The van der Waals surface area contributed by atoms with E-state index in [0.717, 1.165) is 16.8 Å². The number of aryl methyl sites for hydroxylation is 2. The van der Waals surface area contributed by atoms with Crippen molar-refractivity contribution in [3.63, 3.8) is 0 Å². The number of hydrogen-bond donors (Lipinski definition) is 0. The Hall–Kier alpha value is -2.38. The summed E-state index contributed by atoms with van der Waals surface area (Å²) in [7, 11) is -0.487. The van der Waals surface area contributed by atoms with Crippen LogP contribution in [0.4, 0.5) is 5.69 Å². The maximum atomic E-state index is 12.9. The van der Waals surface area contributed by atoms with Crippen LogP contribution in [0.25, 0.3) is 0 Å². The topological polar surface area (TPSA) is 66.9 Å². The molecule has 150 valence electrons. The zero-order chi connectivity index (χ0) is 20.6. The summed E-state index contributed by atoms with van der Waals surface area (Å²) < 4.78 is 31.7. The van der Waals surface area contributed by atoms with Crippen molar-refractivity contribution >= 4 is 21.6 Å². The van der Waals surface area contributed by atoms with Gasteiger partial charge in [0.15, 0.2) is 6.10 Å². The minimum Gasteiger partial charge on any atom is -0.481 e. The Morgan fingerprint density at radius 2 is 1.82 bits per heavy atom. The van der Waals surface area contributed by atoms with Gasteiger partial charge in [0.25, 0.3) is 5.91 Å². The molecule has 3 rings (SSSR count). The van der Waals surface area contributed by atoms with E-state index in [9.17, 15) is 13.2 Å².